The summed E-state index contributed by atoms with van der Waals surface area (Å²) in [5.74, 6) is 1.21. The van der Waals surface area contributed by atoms with Crippen molar-refractivity contribution in [1.82, 2.24) is 28.9 Å². The highest BCUT2D eigenvalue weighted by atomic mass is 32.2. The largest absolute Gasteiger partial charge is 0.393 e. The van der Waals surface area contributed by atoms with Crippen molar-refractivity contribution in [3.8, 4) is 11.3 Å². The Morgan fingerprint density at radius 2 is 2.31 bits per heavy atom. The van der Waals surface area contributed by atoms with Crippen LogP contribution in [0.5, 0.6) is 0 Å². The van der Waals surface area contributed by atoms with Crippen LogP contribution < -0.4 is 5.32 Å². The number of nitrogens with zero attached hydrogens (tertiary/aromatic N) is 5. The molecule has 0 aliphatic rings. The highest BCUT2D eigenvalue weighted by molar-refractivity contribution is 7.99. The number of aromatic amines is 1. The number of H-pyrrole nitrogens is 1. The van der Waals surface area contributed by atoms with Gasteiger partial charge in [-0.15, -0.1) is 11.8 Å². The average Bonchev–Trinajstić information content (AvgIpc) is 3.33. The van der Waals surface area contributed by atoms with Crippen LogP contribution in [0.25, 0.3) is 16.9 Å². The van der Waals surface area contributed by atoms with E-state index in [1.54, 1.807) is 19.3 Å². The lowest BCUT2D eigenvalue weighted by Crippen LogP contribution is -2.04. The van der Waals surface area contributed by atoms with Crippen LogP contribution in [0.2, 0.25) is 0 Å². The van der Waals surface area contributed by atoms with E-state index >= 15 is 0 Å². The number of hydrogen-bond donors (Lipinski definition) is 3. The summed E-state index contributed by atoms with van der Waals surface area (Å²) in [5.41, 5.74) is 3.53. The molecule has 3 N–H and O–H groups in total. The van der Waals surface area contributed by atoms with Crippen molar-refractivity contribution in [2.24, 2.45) is 0 Å². The molecule has 134 valence electrons. The van der Waals surface area contributed by atoms with E-state index in [0.29, 0.717) is 17.2 Å². The number of hydrogen-bond acceptors (Lipinski definition) is 8. The Labute approximate surface area is 157 Å². The van der Waals surface area contributed by atoms with Crippen molar-refractivity contribution < 1.29 is 5.11 Å². The first kappa shape index (κ1) is 17.0. The lowest BCUT2D eigenvalue weighted by atomic mass is 10.3. The van der Waals surface area contributed by atoms with Gasteiger partial charge in [-0.3, -0.25) is 9.50 Å². The molecule has 4 heterocycles. The molecule has 26 heavy (non-hydrogen) atoms. The normalized spacial score (nSPS) is 12.6. The first-order chi connectivity index (χ1) is 12.6. The Morgan fingerprint density at radius 1 is 1.42 bits per heavy atom. The van der Waals surface area contributed by atoms with Crippen LogP contribution in [-0.2, 0) is 0 Å². The number of nitrogens with one attached hydrogen (secondary N) is 2. The Balaban J connectivity index is 1.80. The fourth-order valence-corrected chi connectivity index (χ4v) is 3.88. The molecular formula is C16H17N7OS2. The summed E-state index contributed by atoms with van der Waals surface area (Å²) in [6, 6.07) is 1.97. The van der Waals surface area contributed by atoms with Gasteiger partial charge in [-0.1, -0.05) is 0 Å². The summed E-state index contributed by atoms with van der Waals surface area (Å²) in [7, 11) is 0. The van der Waals surface area contributed by atoms with Crippen LogP contribution >= 0.6 is 23.3 Å². The van der Waals surface area contributed by atoms with E-state index in [0.717, 1.165) is 27.0 Å². The average molecular weight is 387 g/mol. The van der Waals surface area contributed by atoms with Gasteiger partial charge >= 0.3 is 0 Å². The van der Waals surface area contributed by atoms with Crippen molar-refractivity contribution in [3.63, 3.8) is 0 Å². The number of aryl methyl sites for hydroxylation is 1. The second-order valence-electron chi connectivity index (χ2n) is 5.87. The summed E-state index contributed by atoms with van der Waals surface area (Å²) in [6.45, 7) is 3.71. The predicted octanol–water partition coefficient (Wildman–Crippen LogP) is 3.10. The monoisotopic (exact) mass is 387 g/mol. The van der Waals surface area contributed by atoms with Crippen molar-refractivity contribution in [1.29, 1.82) is 0 Å². The third-order valence-electron chi connectivity index (χ3n) is 3.61. The van der Waals surface area contributed by atoms with E-state index in [1.807, 2.05) is 29.8 Å². The van der Waals surface area contributed by atoms with Crippen LogP contribution in [0.15, 0.2) is 35.9 Å². The van der Waals surface area contributed by atoms with E-state index in [4.69, 9.17) is 0 Å². The number of aromatic nitrogens is 6. The SMILES string of the molecule is Cc1cc(Nc2nc(SCC(C)O)cn3c(-c4cn[nH]c4)cnc23)sn1. The minimum Gasteiger partial charge on any atom is -0.393 e. The van der Waals surface area contributed by atoms with Gasteiger partial charge in [-0.05, 0) is 31.4 Å². The van der Waals surface area contributed by atoms with Gasteiger partial charge in [0, 0.05) is 23.7 Å². The molecule has 10 heteroatoms. The van der Waals surface area contributed by atoms with Gasteiger partial charge in [0.1, 0.15) is 10.0 Å². The van der Waals surface area contributed by atoms with Crippen molar-refractivity contribution >= 4 is 39.8 Å². The molecule has 4 aromatic rings. The van der Waals surface area contributed by atoms with Gasteiger partial charge in [0.2, 0.25) is 0 Å². The molecule has 0 radical (unpaired) electrons. The molecule has 4 aromatic heterocycles. The Hall–Kier alpha value is -2.43. The molecule has 0 aliphatic carbocycles. The predicted molar refractivity (Wildman–Crippen MR) is 103 cm³/mol. The summed E-state index contributed by atoms with van der Waals surface area (Å²) in [5, 5.41) is 21.5. The summed E-state index contributed by atoms with van der Waals surface area (Å²) >= 11 is 2.88. The maximum Gasteiger partial charge on any atom is 0.181 e. The Kier molecular flexibility index (Phi) is 4.62. The van der Waals surface area contributed by atoms with E-state index in [9.17, 15) is 5.11 Å². The van der Waals surface area contributed by atoms with E-state index in [-0.39, 0.29) is 0 Å². The molecule has 1 unspecified atom stereocenters. The van der Waals surface area contributed by atoms with Gasteiger partial charge in [-0.25, -0.2) is 9.97 Å². The second kappa shape index (κ2) is 7.06. The Morgan fingerprint density at radius 3 is 3.00 bits per heavy atom. The minimum atomic E-state index is -0.408. The minimum absolute atomic E-state index is 0.408. The number of anilines is 2. The van der Waals surface area contributed by atoms with Crippen LogP contribution in [0, 0.1) is 6.92 Å². The van der Waals surface area contributed by atoms with Crippen LogP contribution in [0.4, 0.5) is 10.8 Å². The maximum absolute atomic E-state index is 9.60. The number of imidazole rings is 1. The van der Waals surface area contributed by atoms with Crippen molar-refractivity contribution in [2.45, 2.75) is 25.0 Å². The van der Waals surface area contributed by atoms with Crippen molar-refractivity contribution in [2.75, 3.05) is 11.1 Å². The molecular weight excluding hydrogens is 370 g/mol. The molecule has 0 aliphatic heterocycles. The molecule has 0 saturated carbocycles. The molecule has 8 nitrogen and oxygen atoms in total. The molecule has 0 amide bonds. The van der Waals surface area contributed by atoms with Crippen LogP contribution in [0.1, 0.15) is 12.6 Å². The van der Waals surface area contributed by atoms with E-state index in [1.165, 1.54) is 23.3 Å². The molecule has 1 atom stereocenters. The van der Waals surface area contributed by atoms with Crippen LogP contribution in [0.3, 0.4) is 0 Å². The number of aliphatic hydroxyl groups is 1. The lowest BCUT2D eigenvalue weighted by molar-refractivity contribution is 0.220. The van der Waals surface area contributed by atoms with Gasteiger partial charge < -0.3 is 10.4 Å². The fourth-order valence-electron chi connectivity index (χ4n) is 2.47. The Bertz CT molecular complexity index is 1020. The highest BCUT2D eigenvalue weighted by Crippen LogP contribution is 2.29. The maximum atomic E-state index is 9.60. The smallest absolute Gasteiger partial charge is 0.181 e. The van der Waals surface area contributed by atoms with Crippen molar-refractivity contribution in [3.05, 3.63) is 36.5 Å². The summed E-state index contributed by atoms with van der Waals surface area (Å²) in [4.78, 5) is 9.22. The van der Waals surface area contributed by atoms with Crippen LogP contribution in [-0.4, -0.2) is 45.9 Å². The second-order valence-corrected chi connectivity index (χ2v) is 7.71. The number of thioether (sulfide) groups is 1. The number of fused-ring (bicyclic) bond motifs is 1. The molecule has 0 saturated heterocycles. The summed E-state index contributed by atoms with van der Waals surface area (Å²) in [6.07, 6.45) is 6.90. The first-order valence-electron chi connectivity index (χ1n) is 7.98. The third-order valence-corrected chi connectivity index (χ3v) is 5.54. The molecule has 0 fully saturated rings. The molecule has 4 rings (SSSR count). The molecule has 0 aromatic carbocycles. The number of rotatable bonds is 6. The van der Waals surface area contributed by atoms with E-state index < -0.39 is 6.10 Å². The standard InChI is InChI=1S/C16H17N7OS2/c1-9-3-13(26-22-9)20-15-16-17-6-12(11-4-18-19-5-11)23(16)7-14(21-15)25-8-10(2)24/h3-7,10,24H,8H2,1-2H3,(H,18,19)(H,20,21). The van der Waals surface area contributed by atoms with Gasteiger partial charge in [-0.2, -0.15) is 9.47 Å². The first-order valence-corrected chi connectivity index (χ1v) is 9.74. The zero-order valence-corrected chi connectivity index (χ0v) is 15.8. The highest BCUT2D eigenvalue weighted by Gasteiger charge is 2.15. The third kappa shape index (κ3) is 3.43. The quantitative estimate of drug-likeness (QED) is 0.437. The zero-order valence-electron chi connectivity index (χ0n) is 14.2. The summed E-state index contributed by atoms with van der Waals surface area (Å²) < 4.78 is 6.28. The topological polar surface area (TPSA) is 104 Å². The van der Waals surface area contributed by atoms with Gasteiger partial charge in [0.05, 0.1) is 29.9 Å². The van der Waals surface area contributed by atoms with Gasteiger partial charge in [0.25, 0.3) is 0 Å². The molecule has 0 bridgehead atoms. The number of aliphatic hydroxyl groups excluding tert-OH is 1. The van der Waals surface area contributed by atoms with Gasteiger partial charge in [0.15, 0.2) is 11.5 Å². The molecule has 0 spiro atoms. The lowest BCUT2D eigenvalue weighted by Gasteiger charge is -2.10. The zero-order chi connectivity index (χ0) is 18.1. The van der Waals surface area contributed by atoms with E-state index in [2.05, 4.69) is 29.9 Å². The fraction of sp³-hybridized carbons (Fsp3) is 0.250.